The van der Waals surface area contributed by atoms with E-state index in [1.165, 1.54) is 0 Å². The molecule has 83 heavy (non-hydrogen) atoms. The third-order valence-corrected chi connectivity index (χ3v) is 13.8. The van der Waals surface area contributed by atoms with Crippen LogP contribution in [0.3, 0.4) is 0 Å². The number of hydrogen-bond donors (Lipinski definition) is 0. The number of halogens is 20. The van der Waals surface area contributed by atoms with Gasteiger partial charge in [0.05, 0.1) is 0 Å². The third-order valence-electron chi connectivity index (χ3n) is 13.8. The van der Waals surface area contributed by atoms with Gasteiger partial charge in [-0.3, -0.25) is 9.59 Å². The summed E-state index contributed by atoms with van der Waals surface area (Å²) in [5.74, 6) is -90.8. The molecule has 0 aromatic rings. The van der Waals surface area contributed by atoms with E-state index in [9.17, 15) is 107 Å². The average Bonchev–Trinajstić information content (AvgIpc) is 2.57. The van der Waals surface area contributed by atoms with Crippen molar-refractivity contribution in [3.63, 3.8) is 0 Å². The van der Waals surface area contributed by atoms with Gasteiger partial charge in [0.1, 0.15) is 0 Å². The van der Waals surface area contributed by atoms with Crippen LogP contribution >= 0.6 is 0 Å². The van der Waals surface area contributed by atoms with Crippen molar-refractivity contribution in [2.45, 2.75) is 273 Å². The summed E-state index contributed by atoms with van der Waals surface area (Å²) in [4.78, 5) is 47.5. The Balaban J connectivity index is 5.34. The van der Waals surface area contributed by atoms with Crippen LogP contribution in [0.4, 0.5) is 87.8 Å². The Labute approximate surface area is 473 Å². The summed E-state index contributed by atoms with van der Waals surface area (Å²) in [5.41, 5.74) is 0. The lowest BCUT2D eigenvalue weighted by Crippen LogP contribution is -2.69. The number of allylic oxidation sites excluding steroid dienone is 8. The van der Waals surface area contributed by atoms with E-state index in [1.807, 2.05) is 36.5 Å². The molecule has 0 aliphatic rings. The van der Waals surface area contributed by atoms with Crippen LogP contribution in [0.25, 0.3) is 0 Å². The molecule has 0 saturated heterocycles. The Hall–Kier alpha value is -4.16. The number of carbonyl (C=O) groups excluding carboxylic acids is 4. The lowest BCUT2D eigenvalue weighted by molar-refractivity contribution is -0.402. The van der Waals surface area contributed by atoms with Crippen LogP contribution in [-0.4, -0.2) is 83.1 Å². The lowest BCUT2D eigenvalue weighted by Gasteiger charge is -2.40. The molecule has 0 amide bonds. The monoisotopic (exact) mass is 1240 g/mol. The lowest BCUT2D eigenvalue weighted by atomic mass is 9.84. The highest BCUT2D eigenvalue weighted by molar-refractivity contribution is 5.91. The van der Waals surface area contributed by atoms with Crippen LogP contribution in [0.15, 0.2) is 48.6 Å². The van der Waals surface area contributed by atoms with Crippen molar-refractivity contribution in [1.29, 1.82) is 0 Å². The Bertz CT molecular complexity index is 1900. The Kier molecular flexibility index (Phi) is 34.3. The molecular weight excluding hydrogens is 1160 g/mol. The second kappa shape index (κ2) is 36.1. The van der Waals surface area contributed by atoms with E-state index in [-0.39, 0.29) is 39.5 Å². The van der Waals surface area contributed by atoms with Crippen molar-refractivity contribution >= 4 is 23.9 Å². The molecule has 0 radical (unpaired) electrons. The summed E-state index contributed by atoms with van der Waals surface area (Å²) in [7, 11) is 0. The zero-order valence-corrected chi connectivity index (χ0v) is 47.3. The van der Waals surface area contributed by atoms with Gasteiger partial charge in [-0.15, -0.1) is 0 Å². The molecule has 2 unspecified atom stereocenters. The summed E-state index contributed by atoms with van der Waals surface area (Å²) in [6.45, 7) is 4.15. The Morgan fingerprint density at radius 2 is 0.578 bits per heavy atom. The van der Waals surface area contributed by atoms with Crippen LogP contribution in [0, 0.1) is 11.8 Å². The number of carbonyl (C=O) groups is 4. The van der Waals surface area contributed by atoms with Crippen molar-refractivity contribution in [3.8, 4) is 0 Å². The van der Waals surface area contributed by atoms with Gasteiger partial charge in [-0.1, -0.05) is 160 Å². The number of ether oxygens (including phenoxy) is 2. The molecule has 0 rings (SSSR count). The van der Waals surface area contributed by atoms with Gasteiger partial charge >= 0.3 is 83.1 Å². The fraction of sp³-hybridized carbons (Fsp3) is 0.789. The molecule has 0 saturated carbocycles. The smallest absolute Gasteiger partial charge is 0.388 e. The van der Waals surface area contributed by atoms with Gasteiger partial charge in [-0.2, -0.15) is 87.8 Å². The third kappa shape index (κ3) is 22.3. The van der Waals surface area contributed by atoms with E-state index in [4.69, 9.17) is 0 Å². The van der Waals surface area contributed by atoms with Gasteiger partial charge in [0, 0.05) is 24.7 Å². The molecule has 2 atom stereocenters. The van der Waals surface area contributed by atoms with E-state index in [2.05, 4.69) is 35.5 Å². The maximum Gasteiger partial charge on any atom is 0.411 e. The highest BCUT2D eigenvalue weighted by atomic mass is 19.4. The minimum atomic E-state index is -7.81. The molecule has 0 bridgehead atoms. The van der Waals surface area contributed by atoms with Gasteiger partial charge in [-0.25, -0.2) is 9.59 Å². The molecule has 0 heterocycles. The van der Waals surface area contributed by atoms with Crippen LogP contribution < -0.4 is 0 Å². The standard InChI is InChI=1S/C57H80F20O6/c1-5-7-9-11-13-15-17-19-21-23-25-27-29-31-36-40-44(78)82-46(80)50(62,63)54(70,71)56(74,75)52(66,67)48(58,59)42(3)38-34-33-35-39-43(4)49(60,61)53(68,69)57(76,77)55(72,73)51(64,65)47(81)83-45(79)41-37-32-30-28-26-24-22-20-18-16-14-12-10-8-6-2/h13-16,19-22,42-43H,5-12,17-18,23-41H2,1-4H3/b15-13-,16-14-,21-19-,22-20-. The van der Waals surface area contributed by atoms with Crippen molar-refractivity contribution < 1.29 is 116 Å². The summed E-state index contributed by atoms with van der Waals surface area (Å²) in [6.07, 6.45) is 23.1. The van der Waals surface area contributed by atoms with Crippen LogP contribution in [0.1, 0.15) is 214 Å². The highest BCUT2D eigenvalue weighted by Crippen LogP contribution is 2.61. The maximum atomic E-state index is 14.9. The molecule has 0 aliphatic heterocycles. The van der Waals surface area contributed by atoms with Gasteiger partial charge in [0.25, 0.3) is 0 Å². The second-order valence-electron chi connectivity index (χ2n) is 20.8. The topological polar surface area (TPSA) is 86.7 Å². The molecule has 0 aliphatic carbocycles. The second-order valence-corrected chi connectivity index (χ2v) is 20.8. The molecule has 6 nitrogen and oxygen atoms in total. The van der Waals surface area contributed by atoms with Crippen LogP contribution in [0.5, 0.6) is 0 Å². The van der Waals surface area contributed by atoms with E-state index in [1.54, 1.807) is 0 Å². The molecule has 0 aromatic heterocycles. The zero-order chi connectivity index (χ0) is 64.0. The molecule has 26 heteroatoms. The normalized spacial score (nSPS) is 14.8. The molecule has 0 N–H and O–H groups in total. The van der Waals surface area contributed by atoms with E-state index >= 15 is 0 Å². The van der Waals surface area contributed by atoms with Crippen molar-refractivity contribution in [2.75, 3.05) is 0 Å². The predicted molar refractivity (Wildman–Crippen MR) is 272 cm³/mol. The summed E-state index contributed by atoms with van der Waals surface area (Å²) in [5, 5.41) is 0. The summed E-state index contributed by atoms with van der Waals surface area (Å²) >= 11 is 0. The molecule has 0 aromatic carbocycles. The zero-order valence-electron chi connectivity index (χ0n) is 47.3. The Morgan fingerprint density at radius 1 is 0.325 bits per heavy atom. The number of rotatable bonds is 46. The number of hydrogen-bond acceptors (Lipinski definition) is 6. The minimum absolute atomic E-state index is 0.0142. The Morgan fingerprint density at radius 3 is 0.867 bits per heavy atom. The quantitative estimate of drug-likeness (QED) is 0.0198. The molecule has 0 spiro atoms. The number of unbranched alkanes of at least 4 members (excludes halogenated alkanes) is 18. The first-order valence-electron chi connectivity index (χ1n) is 28.2. The van der Waals surface area contributed by atoms with Gasteiger partial charge in [0.2, 0.25) is 0 Å². The van der Waals surface area contributed by atoms with E-state index in [0.717, 1.165) is 64.2 Å². The summed E-state index contributed by atoms with van der Waals surface area (Å²) in [6, 6.07) is 0. The molecular formula is C57H80F20O6. The van der Waals surface area contributed by atoms with Crippen LogP contribution in [0.2, 0.25) is 0 Å². The van der Waals surface area contributed by atoms with Crippen LogP contribution in [-0.2, 0) is 28.7 Å². The van der Waals surface area contributed by atoms with E-state index < -0.39 is 140 Å². The van der Waals surface area contributed by atoms with Crippen molar-refractivity contribution in [3.05, 3.63) is 48.6 Å². The van der Waals surface area contributed by atoms with Gasteiger partial charge in [-0.05, 0) is 89.9 Å². The first kappa shape index (κ1) is 78.8. The number of alkyl halides is 20. The van der Waals surface area contributed by atoms with Gasteiger partial charge < -0.3 is 9.47 Å². The van der Waals surface area contributed by atoms with Crippen molar-refractivity contribution in [1.82, 2.24) is 0 Å². The fourth-order valence-corrected chi connectivity index (χ4v) is 8.12. The van der Waals surface area contributed by atoms with E-state index in [0.29, 0.717) is 51.4 Å². The fourth-order valence-electron chi connectivity index (χ4n) is 8.12. The highest BCUT2D eigenvalue weighted by Gasteiger charge is 2.90. The predicted octanol–water partition coefficient (Wildman–Crippen LogP) is 20.3. The summed E-state index contributed by atoms with van der Waals surface area (Å²) < 4.78 is 300. The first-order valence-corrected chi connectivity index (χ1v) is 28.2. The van der Waals surface area contributed by atoms with Gasteiger partial charge in [0.15, 0.2) is 0 Å². The average molecular weight is 1240 g/mol. The SMILES string of the molecule is CCCCC/C=C\C/C=C\CCCCCCCC(=O)OC(=O)C(F)(F)C(F)(F)C(F)(F)C(F)(F)C(F)(F)C(C)CCCCCC(C)C(F)(F)C(F)(F)C(F)(F)C(F)(F)C(F)(F)C(=O)OC(=O)CCCCCCC/C=C\C/C=C\CCCCC. The first-order chi connectivity index (χ1) is 38.3. The molecule has 0 fully saturated rings. The molecule has 484 valence electrons. The largest absolute Gasteiger partial charge is 0.411 e. The number of esters is 4. The minimum Gasteiger partial charge on any atom is -0.388 e. The van der Waals surface area contributed by atoms with Crippen molar-refractivity contribution in [2.24, 2.45) is 11.8 Å². The maximum absolute atomic E-state index is 14.9.